The van der Waals surface area contributed by atoms with E-state index in [1.54, 1.807) is 18.2 Å². The Labute approximate surface area is 174 Å². The van der Waals surface area contributed by atoms with Crippen molar-refractivity contribution in [1.82, 2.24) is 4.90 Å². The molecule has 0 aromatic heterocycles. The molecule has 3 rings (SSSR count). The Hall–Kier alpha value is -2.20. The highest BCUT2D eigenvalue weighted by atomic mass is 127. The molecule has 0 atom stereocenters. The molecule has 6 nitrogen and oxygen atoms in total. The van der Waals surface area contributed by atoms with Crippen LogP contribution in [0.2, 0.25) is 0 Å². The number of amides is 2. The van der Waals surface area contributed by atoms with Gasteiger partial charge in [0.1, 0.15) is 0 Å². The van der Waals surface area contributed by atoms with Gasteiger partial charge in [-0.1, -0.05) is 6.07 Å². The third kappa shape index (κ3) is 4.38. The molecule has 0 bridgehead atoms. The fourth-order valence-corrected chi connectivity index (χ4v) is 4.05. The molecule has 0 saturated carbocycles. The Morgan fingerprint density at radius 3 is 2.74 bits per heavy atom. The van der Waals surface area contributed by atoms with Gasteiger partial charge >= 0.3 is 0 Å². The number of aryl methyl sites for hydroxylation is 1. The van der Waals surface area contributed by atoms with Gasteiger partial charge in [-0.05, 0) is 88.8 Å². The number of carbonyl (C=O) groups excluding carboxylic acids is 2. The first kappa shape index (κ1) is 19.6. The topological polar surface area (TPSA) is 78.9 Å². The normalized spacial score (nSPS) is 15.5. The van der Waals surface area contributed by atoms with E-state index in [9.17, 15) is 14.7 Å². The number of aromatic hydroxyl groups is 1. The quantitative estimate of drug-likeness (QED) is 0.472. The van der Waals surface area contributed by atoms with Crippen LogP contribution in [0.3, 0.4) is 0 Å². The van der Waals surface area contributed by atoms with Crippen LogP contribution >= 0.6 is 34.4 Å². The van der Waals surface area contributed by atoms with Crippen molar-refractivity contribution in [3.8, 4) is 11.5 Å². The van der Waals surface area contributed by atoms with Gasteiger partial charge in [-0.25, -0.2) is 0 Å². The van der Waals surface area contributed by atoms with Crippen molar-refractivity contribution in [3.63, 3.8) is 0 Å². The van der Waals surface area contributed by atoms with Crippen LogP contribution in [0, 0.1) is 10.5 Å². The van der Waals surface area contributed by atoms with Crippen LogP contribution in [0.5, 0.6) is 11.5 Å². The molecule has 1 fully saturated rings. The Morgan fingerprint density at radius 2 is 2.04 bits per heavy atom. The van der Waals surface area contributed by atoms with E-state index in [1.807, 2.05) is 25.1 Å². The molecule has 2 aromatic rings. The van der Waals surface area contributed by atoms with Crippen LogP contribution in [-0.4, -0.2) is 34.9 Å². The number of nitrogens with one attached hydrogen (secondary N) is 1. The number of benzene rings is 2. The van der Waals surface area contributed by atoms with E-state index < -0.39 is 0 Å². The first-order chi connectivity index (χ1) is 12.9. The molecule has 0 unspecified atom stereocenters. The van der Waals surface area contributed by atoms with Crippen molar-refractivity contribution in [3.05, 3.63) is 56.0 Å². The second kappa shape index (κ2) is 8.22. The van der Waals surface area contributed by atoms with Crippen LogP contribution in [0.1, 0.15) is 11.1 Å². The molecule has 1 aliphatic heterocycles. The lowest BCUT2D eigenvalue weighted by Gasteiger charge is -2.16. The van der Waals surface area contributed by atoms with E-state index in [-0.39, 0.29) is 23.6 Å². The Balaban J connectivity index is 1.74. The van der Waals surface area contributed by atoms with Gasteiger partial charge in [0, 0.05) is 9.26 Å². The second-order valence-electron chi connectivity index (χ2n) is 5.84. The molecule has 1 saturated heterocycles. The Bertz CT molecular complexity index is 945. The fourth-order valence-electron chi connectivity index (χ4n) is 2.56. The number of nitrogens with zero attached hydrogens (tertiary/aromatic N) is 1. The Morgan fingerprint density at radius 1 is 1.26 bits per heavy atom. The van der Waals surface area contributed by atoms with Crippen molar-refractivity contribution in [2.45, 2.75) is 6.92 Å². The number of thioether (sulfide) groups is 1. The predicted molar refractivity (Wildman–Crippen MR) is 115 cm³/mol. The van der Waals surface area contributed by atoms with Crippen LogP contribution in [-0.2, 0) is 4.79 Å². The zero-order valence-corrected chi connectivity index (χ0v) is 17.6. The summed E-state index contributed by atoms with van der Waals surface area (Å²) in [6.07, 6.45) is 1.61. The van der Waals surface area contributed by atoms with E-state index in [0.717, 1.165) is 26.6 Å². The summed E-state index contributed by atoms with van der Waals surface area (Å²) >= 11 is 3.12. The van der Waals surface area contributed by atoms with Crippen LogP contribution in [0.25, 0.3) is 6.08 Å². The molecule has 1 aliphatic rings. The summed E-state index contributed by atoms with van der Waals surface area (Å²) in [5.41, 5.74) is 2.58. The molecular weight excluding hydrogens is 479 g/mol. The summed E-state index contributed by atoms with van der Waals surface area (Å²) in [6.45, 7) is 2.07. The van der Waals surface area contributed by atoms with E-state index >= 15 is 0 Å². The summed E-state index contributed by atoms with van der Waals surface area (Å²) in [6, 6.07) is 10.6. The third-order valence-corrected chi connectivity index (χ3v) is 5.57. The molecule has 2 amide bonds. The highest BCUT2D eigenvalue weighted by molar-refractivity contribution is 14.1. The number of ether oxygens (including phenoxy) is 1. The molecule has 0 radical (unpaired) electrons. The number of hydrogen-bond donors (Lipinski definition) is 2. The van der Waals surface area contributed by atoms with Gasteiger partial charge in [0.25, 0.3) is 11.1 Å². The first-order valence-corrected chi connectivity index (χ1v) is 9.91. The number of carbonyl (C=O) groups is 2. The number of hydrogen-bond acceptors (Lipinski definition) is 6. The fraction of sp³-hybridized carbons (Fsp3) is 0.158. The molecule has 2 aromatic carbocycles. The minimum atomic E-state index is -0.354. The zero-order chi connectivity index (χ0) is 19.6. The highest BCUT2D eigenvalue weighted by Gasteiger charge is 2.34. The molecule has 140 valence electrons. The lowest BCUT2D eigenvalue weighted by atomic mass is 10.2. The van der Waals surface area contributed by atoms with Crippen molar-refractivity contribution in [1.29, 1.82) is 0 Å². The summed E-state index contributed by atoms with van der Waals surface area (Å²) in [5, 5.41) is 12.5. The van der Waals surface area contributed by atoms with E-state index in [2.05, 4.69) is 27.9 Å². The third-order valence-electron chi connectivity index (χ3n) is 3.99. The van der Waals surface area contributed by atoms with Gasteiger partial charge in [-0.2, -0.15) is 0 Å². The van der Waals surface area contributed by atoms with Crippen LogP contribution in [0.4, 0.5) is 10.5 Å². The number of rotatable bonds is 5. The van der Waals surface area contributed by atoms with Crippen molar-refractivity contribution >= 4 is 57.3 Å². The lowest BCUT2D eigenvalue weighted by Crippen LogP contribution is -2.33. The standard InChI is InChI=1S/C19H17IN2O4S/c1-11-7-13(20)4-5-14(11)21-10-22-18(24)17(27-19(22)25)9-12-3-6-15(23)16(8-12)26-2/h3-9,21,23H,10H2,1-2H3. The minimum absolute atomic E-state index is 0.0137. The largest absolute Gasteiger partial charge is 0.504 e. The number of halogens is 1. The summed E-state index contributed by atoms with van der Waals surface area (Å²) < 4.78 is 6.19. The molecular formula is C19H17IN2O4S. The highest BCUT2D eigenvalue weighted by Crippen LogP contribution is 2.34. The summed E-state index contributed by atoms with van der Waals surface area (Å²) in [5.74, 6) is -0.0358. The van der Waals surface area contributed by atoms with Gasteiger partial charge in [-0.3, -0.25) is 14.5 Å². The maximum Gasteiger partial charge on any atom is 0.295 e. The number of phenolic OH excluding ortho intramolecular Hbond substituents is 1. The molecule has 2 N–H and O–H groups in total. The monoisotopic (exact) mass is 496 g/mol. The maximum absolute atomic E-state index is 12.6. The molecule has 8 heteroatoms. The van der Waals surface area contributed by atoms with E-state index in [4.69, 9.17) is 4.74 Å². The van der Waals surface area contributed by atoms with E-state index in [0.29, 0.717) is 16.2 Å². The molecule has 0 aliphatic carbocycles. The predicted octanol–water partition coefficient (Wildman–Crippen LogP) is 4.42. The number of imide groups is 1. The van der Waals surface area contributed by atoms with Crippen LogP contribution in [0.15, 0.2) is 41.3 Å². The average Bonchev–Trinajstić information content (AvgIpc) is 2.89. The van der Waals surface area contributed by atoms with Crippen molar-refractivity contribution in [2.24, 2.45) is 0 Å². The smallest absolute Gasteiger partial charge is 0.295 e. The molecule has 1 heterocycles. The van der Waals surface area contributed by atoms with Gasteiger partial charge in [0.15, 0.2) is 11.5 Å². The number of anilines is 1. The van der Waals surface area contributed by atoms with Gasteiger partial charge in [-0.15, -0.1) is 0 Å². The number of phenols is 1. The molecule has 27 heavy (non-hydrogen) atoms. The van der Waals surface area contributed by atoms with Crippen molar-refractivity contribution < 1.29 is 19.4 Å². The van der Waals surface area contributed by atoms with Gasteiger partial charge in [0.2, 0.25) is 0 Å². The maximum atomic E-state index is 12.6. The second-order valence-corrected chi connectivity index (χ2v) is 8.07. The zero-order valence-electron chi connectivity index (χ0n) is 14.7. The minimum Gasteiger partial charge on any atom is -0.504 e. The van der Waals surface area contributed by atoms with Crippen molar-refractivity contribution in [2.75, 3.05) is 19.1 Å². The Kier molecular flexibility index (Phi) is 5.95. The SMILES string of the molecule is COc1cc(C=C2SC(=O)N(CNc3ccc(I)cc3C)C2=O)ccc1O. The molecule has 0 spiro atoms. The van der Waals surface area contributed by atoms with Crippen LogP contribution < -0.4 is 10.1 Å². The average molecular weight is 496 g/mol. The van der Waals surface area contributed by atoms with Gasteiger partial charge < -0.3 is 15.2 Å². The summed E-state index contributed by atoms with van der Waals surface area (Å²) in [7, 11) is 1.45. The lowest BCUT2D eigenvalue weighted by molar-refractivity contribution is -0.122. The van der Waals surface area contributed by atoms with Gasteiger partial charge in [0.05, 0.1) is 18.7 Å². The first-order valence-electron chi connectivity index (χ1n) is 8.01. The number of methoxy groups -OCH3 is 1. The van der Waals surface area contributed by atoms with E-state index in [1.165, 1.54) is 18.1 Å². The summed E-state index contributed by atoms with van der Waals surface area (Å²) in [4.78, 5) is 26.3.